The molecular weight excluding hydrogens is 124 g/mol. The zero-order valence-electron chi connectivity index (χ0n) is 6.17. The Balaban J connectivity index is 2.86. The minimum Gasteiger partial charge on any atom is -0.404 e. The first-order valence-corrected chi connectivity index (χ1v) is 3.43. The van der Waals surface area contributed by atoms with Crippen molar-refractivity contribution in [1.29, 1.82) is 0 Å². The van der Waals surface area contributed by atoms with Crippen molar-refractivity contribution in [2.45, 2.75) is 12.8 Å². The number of aliphatic imine (C=N–C) groups is 1. The molecular formula is C8H12N2. The van der Waals surface area contributed by atoms with Gasteiger partial charge in [0.1, 0.15) is 0 Å². The molecule has 0 aliphatic heterocycles. The summed E-state index contributed by atoms with van der Waals surface area (Å²) in [4.78, 5) is 4.08. The Morgan fingerprint density at radius 2 is 2.50 bits per heavy atom. The number of nitrogens with two attached hydrogens (primary N) is 1. The fourth-order valence-electron chi connectivity index (χ4n) is 1.06. The Morgan fingerprint density at radius 1 is 1.70 bits per heavy atom. The molecule has 0 bridgehead atoms. The zero-order valence-corrected chi connectivity index (χ0v) is 6.17. The molecule has 0 unspecified atom stereocenters. The van der Waals surface area contributed by atoms with E-state index in [0.717, 1.165) is 24.1 Å². The van der Waals surface area contributed by atoms with Crippen molar-refractivity contribution < 1.29 is 0 Å². The highest BCUT2D eigenvalue weighted by Crippen LogP contribution is 2.13. The number of hydrogen-bond acceptors (Lipinski definition) is 2. The van der Waals surface area contributed by atoms with Crippen molar-refractivity contribution in [2.75, 3.05) is 7.05 Å². The molecule has 1 rings (SSSR count). The van der Waals surface area contributed by atoms with Gasteiger partial charge < -0.3 is 5.73 Å². The first-order valence-electron chi connectivity index (χ1n) is 3.43. The van der Waals surface area contributed by atoms with Gasteiger partial charge in [-0.3, -0.25) is 4.99 Å². The van der Waals surface area contributed by atoms with Crippen LogP contribution in [0, 0.1) is 0 Å². The van der Waals surface area contributed by atoms with E-state index in [2.05, 4.69) is 11.1 Å². The second-order valence-corrected chi connectivity index (χ2v) is 2.24. The van der Waals surface area contributed by atoms with Crippen molar-refractivity contribution in [3.63, 3.8) is 0 Å². The van der Waals surface area contributed by atoms with Gasteiger partial charge in [-0.1, -0.05) is 6.08 Å². The topological polar surface area (TPSA) is 38.4 Å². The molecule has 0 aromatic rings. The van der Waals surface area contributed by atoms with Gasteiger partial charge in [-0.25, -0.2) is 0 Å². The van der Waals surface area contributed by atoms with E-state index >= 15 is 0 Å². The molecule has 2 nitrogen and oxygen atoms in total. The van der Waals surface area contributed by atoms with Gasteiger partial charge in [-0.2, -0.15) is 0 Å². The molecule has 2 N–H and O–H groups in total. The summed E-state index contributed by atoms with van der Waals surface area (Å²) in [5.41, 5.74) is 7.57. The van der Waals surface area contributed by atoms with E-state index in [4.69, 9.17) is 5.73 Å². The minimum atomic E-state index is 1.02. The molecule has 54 valence electrons. The van der Waals surface area contributed by atoms with Crippen LogP contribution < -0.4 is 5.73 Å². The highest BCUT2D eigenvalue weighted by molar-refractivity contribution is 6.08. The molecule has 2 heteroatoms. The third-order valence-electron chi connectivity index (χ3n) is 1.63. The van der Waals surface area contributed by atoms with E-state index in [1.165, 1.54) is 0 Å². The predicted molar refractivity (Wildman–Crippen MR) is 44.0 cm³/mol. The van der Waals surface area contributed by atoms with Crippen LogP contribution in [0.3, 0.4) is 0 Å². The third-order valence-corrected chi connectivity index (χ3v) is 1.63. The SMILES string of the molecule is CN=C1C=CCCC1=CN. The van der Waals surface area contributed by atoms with Crippen LogP contribution in [0.5, 0.6) is 0 Å². The largest absolute Gasteiger partial charge is 0.404 e. The summed E-state index contributed by atoms with van der Waals surface area (Å²) in [6.07, 6.45) is 7.89. The quantitative estimate of drug-likeness (QED) is 0.534. The van der Waals surface area contributed by atoms with Gasteiger partial charge >= 0.3 is 0 Å². The maximum absolute atomic E-state index is 5.39. The molecule has 0 aromatic heterocycles. The lowest BCUT2D eigenvalue weighted by Crippen LogP contribution is -2.05. The summed E-state index contributed by atoms with van der Waals surface area (Å²) < 4.78 is 0. The Kier molecular flexibility index (Phi) is 2.26. The number of rotatable bonds is 0. The summed E-state index contributed by atoms with van der Waals surface area (Å²) >= 11 is 0. The number of hydrogen-bond donors (Lipinski definition) is 1. The summed E-state index contributed by atoms with van der Waals surface area (Å²) in [5.74, 6) is 0. The molecule has 0 aromatic carbocycles. The fourth-order valence-corrected chi connectivity index (χ4v) is 1.06. The van der Waals surface area contributed by atoms with Crippen molar-refractivity contribution in [1.82, 2.24) is 0 Å². The van der Waals surface area contributed by atoms with E-state index < -0.39 is 0 Å². The van der Waals surface area contributed by atoms with Gasteiger partial charge in [0.05, 0.1) is 5.71 Å². The maximum Gasteiger partial charge on any atom is 0.0614 e. The van der Waals surface area contributed by atoms with Crippen molar-refractivity contribution >= 4 is 5.71 Å². The molecule has 0 radical (unpaired) electrons. The Morgan fingerprint density at radius 3 is 3.00 bits per heavy atom. The molecule has 0 spiro atoms. The minimum absolute atomic E-state index is 1.02. The summed E-state index contributed by atoms with van der Waals surface area (Å²) in [6.45, 7) is 0. The van der Waals surface area contributed by atoms with Crippen LogP contribution in [0.4, 0.5) is 0 Å². The van der Waals surface area contributed by atoms with Crippen LogP contribution in [0.25, 0.3) is 0 Å². The molecule has 0 amide bonds. The first kappa shape index (κ1) is 7.06. The van der Waals surface area contributed by atoms with E-state index in [-0.39, 0.29) is 0 Å². The molecule has 0 saturated heterocycles. The molecule has 0 heterocycles. The van der Waals surface area contributed by atoms with Gasteiger partial charge in [0, 0.05) is 7.05 Å². The fraction of sp³-hybridized carbons (Fsp3) is 0.375. The van der Waals surface area contributed by atoms with Gasteiger partial charge in [0.15, 0.2) is 0 Å². The van der Waals surface area contributed by atoms with Crippen LogP contribution >= 0.6 is 0 Å². The van der Waals surface area contributed by atoms with E-state index in [1.54, 1.807) is 13.2 Å². The number of nitrogens with zero attached hydrogens (tertiary/aromatic N) is 1. The monoisotopic (exact) mass is 136 g/mol. The molecule has 0 atom stereocenters. The molecule has 10 heavy (non-hydrogen) atoms. The van der Waals surface area contributed by atoms with Gasteiger partial charge in [0.2, 0.25) is 0 Å². The van der Waals surface area contributed by atoms with Gasteiger partial charge in [-0.05, 0) is 30.7 Å². The summed E-state index contributed by atoms with van der Waals surface area (Å²) in [7, 11) is 1.79. The lowest BCUT2D eigenvalue weighted by Gasteiger charge is -2.08. The van der Waals surface area contributed by atoms with Crippen molar-refractivity contribution in [3.8, 4) is 0 Å². The van der Waals surface area contributed by atoms with E-state index in [1.807, 2.05) is 6.08 Å². The van der Waals surface area contributed by atoms with Gasteiger partial charge in [-0.15, -0.1) is 0 Å². The first-order chi connectivity index (χ1) is 4.88. The standard InChI is InChI=1S/C8H12N2/c1-10-8-5-3-2-4-7(8)6-9/h3,5-6H,2,4,9H2,1H3. The van der Waals surface area contributed by atoms with Crippen LogP contribution in [-0.2, 0) is 0 Å². The highest BCUT2D eigenvalue weighted by atomic mass is 14.7. The lowest BCUT2D eigenvalue weighted by molar-refractivity contribution is 0.998. The van der Waals surface area contributed by atoms with Crippen LogP contribution in [0.2, 0.25) is 0 Å². The van der Waals surface area contributed by atoms with Crippen molar-refractivity contribution in [2.24, 2.45) is 10.7 Å². The Labute approximate surface area is 61.1 Å². The normalized spacial score (nSPS) is 26.1. The molecule has 0 fully saturated rings. The summed E-state index contributed by atoms with van der Waals surface area (Å²) in [5, 5.41) is 0. The molecule has 0 saturated carbocycles. The van der Waals surface area contributed by atoms with Gasteiger partial charge in [0.25, 0.3) is 0 Å². The molecule has 1 aliphatic rings. The Hall–Kier alpha value is -1.05. The van der Waals surface area contributed by atoms with Crippen LogP contribution in [-0.4, -0.2) is 12.8 Å². The van der Waals surface area contributed by atoms with Crippen LogP contribution in [0.1, 0.15) is 12.8 Å². The maximum atomic E-state index is 5.39. The van der Waals surface area contributed by atoms with Crippen molar-refractivity contribution in [3.05, 3.63) is 23.9 Å². The predicted octanol–water partition coefficient (Wildman–Crippen LogP) is 1.25. The lowest BCUT2D eigenvalue weighted by atomic mass is 10.0. The number of allylic oxidation sites excluding steroid dienone is 3. The van der Waals surface area contributed by atoms with E-state index in [0.29, 0.717) is 0 Å². The smallest absolute Gasteiger partial charge is 0.0614 e. The highest BCUT2D eigenvalue weighted by Gasteiger charge is 2.05. The Bertz CT molecular complexity index is 199. The molecule has 1 aliphatic carbocycles. The zero-order chi connectivity index (χ0) is 7.40. The average molecular weight is 136 g/mol. The second-order valence-electron chi connectivity index (χ2n) is 2.24. The third kappa shape index (κ3) is 1.26. The second kappa shape index (κ2) is 3.20. The average Bonchev–Trinajstić information content (AvgIpc) is 2.04. The van der Waals surface area contributed by atoms with Crippen LogP contribution in [0.15, 0.2) is 28.9 Å². The van der Waals surface area contributed by atoms with E-state index in [9.17, 15) is 0 Å². The summed E-state index contributed by atoms with van der Waals surface area (Å²) in [6, 6.07) is 0.